The molecule has 0 fully saturated rings. The van der Waals surface area contributed by atoms with Crippen LogP contribution in [-0.2, 0) is 6.54 Å². The minimum atomic E-state index is -0.387. The number of carbonyl (C=O) groups excluding carboxylic acids is 1. The predicted molar refractivity (Wildman–Crippen MR) is 82.9 cm³/mol. The molecule has 0 spiro atoms. The van der Waals surface area contributed by atoms with Crippen molar-refractivity contribution in [2.24, 2.45) is 5.73 Å². The lowest BCUT2D eigenvalue weighted by molar-refractivity contribution is 0.1000. The Hall–Kier alpha value is -2.29. The predicted octanol–water partition coefficient (Wildman–Crippen LogP) is 3.32. The zero-order chi connectivity index (χ0) is 14.7. The highest BCUT2D eigenvalue weighted by Gasteiger charge is 2.04. The molecule has 3 nitrogen and oxygen atoms in total. The highest BCUT2D eigenvalue weighted by molar-refractivity contribution is 5.93. The molecule has 0 saturated heterocycles. The summed E-state index contributed by atoms with van der Waals surface area (Å²) in [7, 11) is 0. The molecule has 0 radical (unpaired) electrons. The van der Waals surface area contributed by atoms with Gasteiger partial charge in [-0.25, -0.2) is 0 Å². The largest absolute Gasteiger partial charge is 0.381 e. The zero-order valence-electron chi connectivity index (χ0n) is 12.2. The second-order valence-electron chi connectivity index (χ2n) is 5.16. The van der Waals surface area contributed by atoms with Crippen LogP contribution in [0.3, 0.4) is 0 Å². The third kappa shape index (κ3) is 3.18. The van der Waals surface area contributed by atoms with Gasteiger partial charge in [0.15, 0.2) is 0 Å². The highest BCUT2D eigenvalue weighted by atomic mass is 16.1. The molecule has 2 aromatic carbocycles. The molecule has 0 aromatic heterocycles. The van der Waals surface area contributed by atoms with Crippen LogP contribution < -0.4 is 11.1 Å². The number of carbonyl (C=O) groups is 1. The van der Waals surface area contributed by atoms with Crippen LogP contribution in [0, 0.1) is 20.8 Å². The zero-order valence-corrected chi connectivity index (χ0v) is 12.2. The molecule has 0 saturated carbocycles. The number of benzene rings is 2. The van der Waals surface area contributed by atoms with Gasteiger partial charge >= 0.3 is 0 Å². The number of hydrogen-bond acceptors (Lipinski definition) is 2. The van der Waals surface area contributed by atoms with Crippen molar-refractivity contribution in [3.8, 4) is 0 Å². The lowest BCUT2D eigenvalue weighted by atomic mass is 10.0. The van der Waals surface area contributed by atoms with Crippen molar-refractivity contribution in [2.45, 2.75) is 27.3 Å². The van der Waals surface area contributed by atoms with Crippen molar-refractivity contribution in [3.05, 3.63) is 64.2 Å². The van der Waals surface area contributed by atoms with Gasteiger partial charge in [-0.2, -0.15) is 0 Å². The Kier molecular flexibility index (Phi) is 4.08. The topological polar surface area (TPSA) is 55.1 Å². The molecule has 3 heteroatoms. The first-order valence-corrected chi connectivity index (χ1v) is 6.68. The molecule has 2 rings (SSSR count). The fourth-order valence-corrected chi connectivity index (χ4v) is 2.10. The van der Waals surface area contributed by atoms with Gasteiger partial charge in [-0.1, -0.05) is 12.1 Å². The first kappa shape index (κ1) is 14.1. The fraction of sp³-hybridized carbons (Fsp3) is 0.235. The van der Waals surface area contributed by atoms with Crippen LogP contribution in [0.5, 0.6) is 0 Å². The average molecular weight is 268 g/mol. The van der Waals surface area contributed by atoms with Crippen LogP contribution >= 0.6 is 0 Å². The molecule has 0 heterocycles. The number of amides is 1. The molecular weight excluding hydrogens is 248 g/mol. The maximum absolute atomic E-state index is 11.1. The lowest BCUT2D eigenvalue weighted by Gasteiger charge is -2.11. The van der Waals surface area contributed by atoms with Crippen molar-refractivity contribution in [1.29, 1.82) is 0 Å². The Morgan fingerprint density at radius 2 is 1.75 bits per heavy atom. The van der Waals surface area contributed by atoms with E-state index in [1.165, 1.54) is 11.1 Å². The number of rotatable bonds is 4. The quantitative estimate of drug-likeness (QED) is 0.893. The maximum Gasteiger partial charge on any atom is 0.248 e. The molecule has 1 amide bonds. The molecule has 104 valence electrons. The number of aryl methyl sites for hydroxylation is 3. The minimum absolute atomic E-state index is 0.387. The Balaban J connectivity index is 2.10. The Bertz CT molecular complexity index is 647. The van der Waals surface area contributed by atoms with Gasteiger partial charge in [-0.05, 0) is 67.3 Å². The van der Waals surface area contributed by atoms with E-state index in [9.17, 15) is 4.79 Å². The maximum atomic E-state index is 11.1. The summed E-state index contributed by atoms with van der Waals surface area (Å²) in [5, 5.41) is 3.40. The van der Waals surface area contributed by atoms with Gasteiger partial charge in [0, 0.05) is 17.8 Å². The molecule has 0 aliphatic heterocycles. The summed E-state index contributed by atoms with van der Waals surface area (Å²) in [6, 6.07) is 11.9. The summed E-state index contributed by atoms with van der Waals surface area (Å²) in [4.78, 5) is 11.1. The molecule has 3 N–H and O–H groups in total. The van der Waals surface area contributed by atoms with Crippen LogP contribution in [0.15, 0.2) is 36.4 Å². The normalized spacial score (nSPS) is 10.3. The standard InChI is InChI=1S/C17H20N2O/c1-11-4-7-16(9-12(11)2)19-10-15-6-5-14(17(18)20)8-13(15)3/h4-9,19H,10H2,1-3H3,(H2,18,20). The summed E-state index contributed by atoms with van der Waals surface area (Å²) in [5.74, 6) is -0.387. The van der Waals surface area contributed by atoms with Gasteiger partial charge in [-0.3, -0.25) is 4.79 Å². The van der Waals surface area contributed by atoms with Crippen molar-refractivity contribution in [3.63, 3.8) is 0 Å². The first-order valence-electron chi connectivity index (χ1n) is 6.68. The van der Waals surface area contributed by atoms with E-state index in [-0.39, 0.29) is 5.91 Å². The van der Waals surface area contributed by atoms with Crippen molar-refractivity contribution in [2.75, 3.05) is 5.32 Å². The summed E-state index contributed by atoms with van der Waals surface area (Å²) in [6.07, 6.45) is 0. The van der Waals surface area contributed by atoms with E-state index >= 15 is 0 Å². The molecule has 2 aromatic rings. The van der Waals surface area contributed by atoms with Gasteiger partial charge in [0.05, 0.1) is 0 Å². The Labute approximate surface area is 119 Å². The van der Waals surface area contributed by atoms with Gasteiger partial charge in [0.1, 0.15) is 0 Å². The number of anilines is 1. The molecule has 0 bridgehead atoms. The van der Waals surface area contributed by atoms with E-state index in [2.05, 4.69) is 37.4 Å². The third-order valence-corrected chi connectivity index (χ3v) is 3.62. The summed E-state index contributed by atoms with van der Waals surface area (Å²) >= 11 is 0. The van der Waals surface area contributed by atoms with Crippen molar-refractivity contribution >= 4 is 11.6 Å². The number of hydrogen-bond donors (Lipinski definition) is 2. The van der Waals surface area contributed by atoms with Crippen LogP contribution in [0.25, 0.3) is 0 Å². The van der Waals surface area contributed by atoms with E-state index in [0.717, 1.165) is 23.4 Å². The summed E-state index contributed by atoms with van der Waals surface area (Å²) < 4.78 is 0. The Morgan fingerprint density at radius 3 is 2.35 bits per heavy atom. The van der Waals surface area contributed by atoms with Gasteiger partial charge in [0.2, 0.25) is 5.91 Å². The average Bonchev–Trinajstić information content (AvgIpc) is 2.41. The van der Waals surface area contributed by atoms with E-state index in [0.29, 0.717) is 5.56 Å². The fourth-order valence-electron chi connectivity index (χ4n) is 2.10. The molecule has 0 atom stereocenters. The third-order valence-electron chi connectivity index (χ3n) is 3.62. The minimum Gasteiger partial charge on any atom is -0.381 e. The monoisotopic (exact) mass is 268 g/mol. The summed E-state index contributed by atoms with van der Waals surface area (Å²) in [5.41, 5.74) is 11.7. The van der Waals surface area contributed by atoms with E-state index in [1.807, 2.05) is 19.1 Å². The Morgan fingerprint density at radius 1 is 1.00 bits per heavy atom. The molecule has 20 heavy (non-hydrogen) atoms. The van der Waals surface area contributed by atoms with Gasteiger partial charge in [-0.15, -0.1) is 0 Å². The van der Waals surface area contributed by atoms with Crippen LogP contribution in [0.4, 0.5) is 5.69 Å². The van der Waals surface area contributed by atoms with Gasteiger partial charge < -0.3 is 11.1 Å². The smallest absolute Gasteiger partial charge is 0.248 e. The molecule has 0 unspecified atom stereocenters. The van der Waals surface area contributed by atoms with E-state index in [1.54, 1.807) is 6.07 Å². The summed E-state index contributed by atoms with van der Waals surface area (Å²) in [6.45, 7) is 6.93. The SMILES string of the molecule is Cc1ccc(NCc2ccc(C(N)=O)cc2C)cc1C. The first-order chi connectivity index (χ1) is 9.47. The number of primary amides is 1. The lowest BCUT2D eigenvalue weighted by Crippen LogP contribution is -2.11. The van der Waals surface area contributed by atoms with Crippen molar-refractivity contribution in [1.82, 2.24) is 0 Å². The van der Waals surface area contributed by atoms with E-state index < -0.39 is 0 Å². The molecular formula is C17H20N2O. The molecule has 0 aliphatic carbocycles. The van der Waals surface area contributed by atoms with Gasteiger partial charge in [0.25, 0.3) is 0 Å². The number of nitrogens with one attached hydrogen (secondary N) is 1. The number of nitrogens with two attached hydrogens (primary N) is 1. The van der Waals surface area contributed by atoms with Crippen LogP contribution in [-0.4, -0.2) is 5.91 Å². The second kappa shape index (κ2) is 5.78. The van der Waals surface area contributed by atoms with Crippen LogP contribution in [0.1, 0.15) is 32.6 Å². The molecule has 0 aliphatic rings. The van der Waals surface area contributed by atoms with E-state index in [4.69, 9.17) is 5.73 Å². The highest BCUT2D eigenvalue weighted by Crippen LogP contribution is 2.17. The van der Waals surface area contributed by atoms with Crippen LogP contribution in [0.2, 0.25) is 0 Å². The second-order valence-corrected chi connectivity index (χ2v) is 5.16. The van der Waals surface area contributed by atoms with Crippen molar-refractivity contribution < 1.29 is 4.79 Å².